The molecule has 1 aromatic carbocycles. The highest BCUT2D eigenvalue weighted by Crippen LogP contribution is 2.17. The molecule has 0 spiro atoms. The van der Waals surface area contributed by atoms with Gasteiger partial charge in [-0.1, -0.05) is 6.07 Å². The number of carbonyl (C=O) groups is 1. The molecule has 1 aromatic rings. The molecule has 0 radical (unpaired) electrons. The SMILES string of the molecule is CSCc1cc(F)ccc1CNC(=O)[C@H]1CCNC1. The van der Waals surface area contributed by atoms with Crippen molar-refractivity contribution in [3.8, 4) is 0 Å². The quantitative estimate of drug-likeness (QED) is 0.867. The summed E-state index contributed by atoms with van der Waals surface area (Å²) in [5.41, 5.74) is 1.95. The van der Waals surface area contributed by atoms with Gasteiger partial charge in [0.15, 0.2) is 0 Å². The molecule has 0 aromatic heterocycles. The molecule has 0 bridgehead atoms. The third kappa shape index (κ3) is 3.94. The zero-order valence-corrected chi connectivity index (χ0v) is 11.9. The van der Waals surface area contributed by atoms with E-state index in [0.717, 1.165) is 36.4 Å². The van der Waals surface area contributed by atoms with Crippen LogP contribution in [0.2, 0.25) is 0 Å². The first-order valence-corrected chi connectivity index (χ1v) is 7.84. The van der Waals surface area contributed by atoms with Crippen molar-refractivity contribution < 1.29 is 9.18 Å². The van der Waals surface area contributed by atoms with E-state index in [1.165, 1.54) is 6.07 Å². The number of benzene rings is 1. The summed E-state index contributed by atoms with van der Waals surface area (Å²) in [4.78, 5) is 11.9. The van der Waals surface area contributed by atoms with Crippen molar-refractivity contribution in [1.29, 1.82) is 0 Å². The molecule has 1 amide bonds. The summed E-state index contributed by atoms with van der Waals surface area (Å²) in [5, 5.41) is 6.13. The van der Waals surface area contributed by atoms with Crippen LogP contribution in [0.1, 0.15) is 17.5 Å². The Bertz CT molecular complexity index is 447. The van der Waals surface area contributed by atoms with E-state index < -0.39 is 0 Å². The van der Waals surface area contributed by atoms with Crippen molar-refractivity contribution in [2.45, 2.75) is 18.7 Å². The highest BCUT2D eigenvalue weighted by Gasteiger charge is 2.22. The molecule has 0 saturated carbocycles. The smallest absolute Gasteiger partial charge is 0.224 e. The topological polar surface area (TPSA) is 41.1 Å². The molecule has 2 N–H and O–H groups in total. The monoisotopic (exact) mass is 282 g/mol. The van der Waals surface area contributed by atoms with Gasteiger partial charge in [-0.25, -0.2) is 4.39 Å². The molecular formula is C14H19FN2OS. The number of hydrogen-bond donors (Lipinski definition) is 2. The summed E-state index contributed by atoms with van der Waals surface area (Å²) < 4.78 is 13.2. The lowest BCUT2D eigenvalue weighted by molar-refractivity contribution is -0.124. The Balaban J connectivity index is 1.96. The first kappa shape index (κ1) is 14.3. The minimum atomic E-state index is -0.223. The van der Waals surface area contributed by atoms with E-state index in [9.17, 15) is 9.18 Å². The van der Waals surface area contributed by atoms with E-state index in [1.807, 2.05) is 6.26 Å². The molecular weight excluding hydrogens is 263 g/mol. The molecule has 104 valence electrons. The molecule has 5 heteroatoms. The molecule has 1 heterocycles. The molecule has 1 atom stereocenters. The molecule has 1 aliphatic heterocycles. The van der Waals surface area contributed by atoms with E-state index in [2.05, 4.69) is 10.6 Å². The summed E-state index contributed by atoms with van der Waals surface area (Å²) in [5.74, 6) is 0.696. The number of nitrogens with one attached hydrogen (secondary N) is 2. The van der Waals surface area contributed by atoms with E-state index in [-0.39, 0.29) is 17.6 Å². The van der Waals surface area contributed by atoms with Gasteiger partial charge >= 0.3 is 0 Å². The van der Waals surface area contributed by atoms with Gasteiger partial charge in [0.2, 0.25) is 5.91 Å². The van der Waals surface area contributed by atoms with Crippen LogP contribution >= 0.6 is 11.8 Å². The Kier molecular flexibility index (Phi) is 5.22. The Morgan fingerprint density at radius 2 is 2.37 bits per heavy atom. The van der Waals surface area contributed by atoms with Gasteiger partial charge in [0.25, 0.3) is 0 Å². The van der Waals surface area contributed by atoms with Crippen molar-refractivity contribution in [2.24, 2.45) is 5.92 Å². The van der Waals surface area contributed by atoms with Crippen molar-refractivity contribution in [3.05, 3.63) is 35.1 Å². The lowest BCUT2D eigenvalue weighted by atomic mass is 10.1. The summed E-state index contributed by atoms with van der Waals surface area (Å²) >= 11 is 1.65. The zero-order valence-electron chi connectivity index (χ0n) is 11.0. The van der Waals surface area contributed by atoms with Crippen molar-refractivity contribution in [1.82, 2.24) is 10.6 Å². The van der Waals surface area contributed by atoms with Crippen molar-refractivity contribution in [3.63, 3.8) is 0 Å². The lowest BCUT2D eigenvalue weighted by Crippen LogP contribution is -2.31. The third-order valence-electron chi connectivity index (χ3n) is 3.35. The van der Waals surface area contributed by atoms with Gasteiger partial charge in [-0.2, -0.15) is 11.8 Å². The van der Waals surface area contributed by atoms with Crippen LogP contribution in [-0.2, 0) is 17.1 Å². The summed E-state index contributed by atoms with van der Waals surface area (Å²) in [6.45, 7) is 2.14. The van der Waals surface area contributed by atoms with Crippen LogP contribution in [0.3, 0.4) is 0 Å². The maximum absolute atomic E-state index is 13.2. The molecule has 1 fully saturated rings. The minimum Gasteiger partial charge on any atom is -0.352 e. The van der Waals surface area contributed by atoms with Gasteiger partial charge in [-0.3, -0.25) is 4.79 Å². The summed E-state index contributed by atoms with van der Waals surface area (Å²) in [6.07, 6.45) is 2.88. The molecule has 0 unspecified atom stereocenters. The second kappa shape index (κ2) is 6.91. The number of amides is 1. The fourth-order valence-corrected chi connectivity index (χ4v) is 2.84. The third-order valence-corrected chi connectivity index (χ3v) is 3.95. The van der Waals surface area contributed by atoms with E-state index in [1.54, 1.807) is 23.9 Å². The predicted octanol–water partition coefficient (Wildman–Crippen LogP) is 1.91. The zero-order chi connectivity index (χ0) is 13.7. The largest absolute Gasteiger partial charge is 0.352 e. The van der Waals surface area contributed by atoms with E-state index >= 15 is 0 Å². The van der Waals surface area contributed by atoms with Crippen LogP contribution in [0.25, 0.3) is 0 Å². The Morgan fingerprint density at radius 1 is 1.53 bits per heavy atom. The van der Waals surface area contributed by atoms with E-state index in [0.29, 0.717) is 6.54 Å². The van der Waals surface area contributed by atoms with Crippen LogP contribution in [0, 0.1) is 11.7 Å². The first-order valence-electron chi connectivity index (χ1n) is 6.45. The minimum absolute atomic E-state index is 0.0736. The van der Waals surface area contributed by atoms with Gasteiger partial charge in [0.05, 0.1) is 5.92 Å². The van der Waals surface area contributed by atoms with Crippen LogP contribution in [0.15, 0.2) is 18.2 Å². The fraction of sp³-hybridized carbons (Fsp3) is 0.500. The highest BCUT2D eigenvalue weighted by molar-refractivity contribution is 7.97. The van der Waals surface area contributed by atoms with Gasteiger partial charge in [-0.15, -0.1) is 0 Å². The maximum Gasteiger partial charge on any atom is 0.224 e. The van der Waals surface area contributed by atoms with Gasteiger partial charge in [0, 0.05) is 18.8 Å². The second-order valence-electron chi connectivity index (χ2n) is 4.75. The lowest BCUT2D eigenvalue weighted by Gasteiger charge is -2.12. The number of halogens is 1. The average Bonchev–Trinajstić information content (AvgIpc) is 2.92. The Hall–Kier alpha value is -1.07. The summed E-state index contributed by atoms with van der Waals surface area (Å²) in [7, 11) is 0. The molecule has 3 nitrogen and oxygen atoms in total. The number of hydrogen-bond acceptors (Lipinski definition) is 3. The number of rotatable bonds is 5. The molecule has 0 aliphatic carbocycles. The first-order chi connectivity index (χ1) is 9.20. The molecule has 19 heavy (non-hydrogen) atoms. The predicted molar refractivity (Wildman–Crippen MR) is 76.4 cm³/mol. The normalized spacial score (nSPS) is 18.5. The van der Waals surface area contributed by atoms with Gasteiger partial charge < -0.3 is 10.6 Å². The molecule has 1 aliphatic rings. The Morgan fingerprint density at radius 3 is 3.05 bits per heavy atom. The number of carbonyl (C=O) groups excluding carboxylic acids is 1. The van der Waals surface area contributed by atoms with Crippen LogP contribution in [-0.4, -0.2) is 25.3 Å². The van der Waals surface area contributed by atoms with Gasteiger partial charge in [-0.05, 0) is 42.5 Å². The summed E-state index contributed by atoms with van der Waals surface area (Å²) in [6, 6.07) is 4.76. The van der Waals surface area contributed by atoms with Crippen molar-refractivity contribution in [2.75, 3.05) is 19.3 Å². The van der Waals surface area contributed by atoms with Crippen LogP contribution in [0.4, 0.5) is 4.39 Å². The average molecular weight is 282 g/mol. The van der Waals surface area contributed by atoms with Crippen molar-refractivity contribution >= 4 is 17.7 Å². The molecule has 1 saturated heterocycles. The fourth-order valence-electron chi connectivity index (χ4n) is 2.26. The molecule has 2 rings (SSSR count). The van der Waals surface area contributed by atoms with Crippen LogP contribution < -0.4 is 10.6 Å². The highest BCUT2D eigenvalue weighted by atomic mass is 32.2. The number of thioether (sulfide) groups is 1. The Labute approximate surface area is 117 Å². The second-order valence-corrected chi connectivity index (χ2v) is 5.62. The van der Waals surface area contributed by atoms with Crippen LogP contribution in [0.5, 0.6) is 0 Å². The van der Waals surface area contributed by atoms with E-state index in [4.69, 9.17) is 0 Å². The maximum atomic E-state index is 13.2. The standard InChI is InChI=1S/C14H19FN2OS/c1-19-9-12-6-13(15)3-2-10(12)8-17-14(18)11-4-5-16-7-11/h2-3,6,11,16H,4-5,7-9H2,1H3,(H,17,18)/t11-/m0/s1. The van der Waals surface area contributed by atoms with Gasteiger partial charge in [0.1, 0.15) is 5.82 Å².